The van der Waals surface area contributed by atoms with E-state index < -0.39 is 28.0 Å². The Kier molecular flexibility index (Phi) is 5.93. The molecule has 0 aromatic rings. The number of ether oxygens (including phenoxy) is 1. The maximum atomic E-state index is 12.8. The van der Waals surface area contributed by atoms with Gasteiger partial charge in [0.1, 0.15) is 0 Å². The summed E-state index contributed by atoms with van der Waals surface area (Å²) in [6.07, 6.45) is 10.1. The summed E-state index contributed by atoms with van der Waals surface area (Å²) in [5.41, 5.74) is -4.72. The minimum Gasteiger partial charge on any atom is -0.621 e. The molecule has 5 aliphatic rings. The molecule has 5 fully saturated rings. The number of hydrogen-bond acceptors (Lipinski definition) is 4. The standard InChI is InChI=1S/C20H30F3NO3S/c21-20(22,23)28-24(26)17-3-1-13(2-4-17)5-6-27-18(25)19-10-14-7-15(11-19)9-16(8-14)12-19/h13-17,24H,1-12H2. The number of alkyl halides is 3. The van der Waals surface area contributed by atoms with Gasteiger partial charge in [0.05, 0.1) is 18.1 Å². The molecule has 0 aromatic carbocycles. The smallest absolute Gasteiger partial charge is 0.496 e. The number of carbonyl (C=O) groups excluding carboxylic acids is 1. The van der Waals surface area contributed by atoms with E-state index in [9.17, 15) is 23.2 Å². The molecule has 0 aromatic heterocycles. The second kappa shape index (κ2) is 7.99. The Morgan fingerprint density at radius 3 is 2.07 bits per heavy atom. The van der Waals surface area contributed by atoms with E-state index in [4.69, 9.17) is 4.74 Å². The fraction of sp³-hybridized carbons (Fsp3) is 0.950. The molecule has 5 aliphatic carbocycles. The second-order valence-electron chi connectivity index (χ2n) is 9.71. The molecule has 0 heterocycles. The third kappa shape index (κ3) is 4.64. The van der Waals surface area contributed by atoms with Crippen LogP contribution in [0.2, 0.25) is 0 Å². The molecular formula is C20H30F3NO3S. The average Bonchev–Trinajstić information content (AvgIpc) is 2.59. The number of hydroxylamine groups is 1. The average molecular weight is 422 g/mol. The number of esters is 1. The SMILES string of the molecule is O=C(OCCC1CCC([NH+]([O-])SC(F)(F)F)CC1)C12CC3CC(CC(C3)C1)C2. The predicted molar refractivity (Wildman–Crippen MR) is 99.9 cm³/mol. The van der Waals surface area contributed by atoms with Gasteiger partial charge in [-0.1, -0.05) is 0 Å². The lowest BCUT2D eigenvalue weighted by Gasteiger charge is -2.55. The van der Waals surface area contributed by atoms with Crippen molar-refractivity contribution in [1.82, 2.24) is 0 Å². The highest BCUT2D eigenvalue weighted by molar-refractivity contribution is 7.93. The zero-order valence-electron chi connectivity index (χ0n) is 16.1. The first kappa shape index (κ1) is 20.8. The van der Waals surface area contributed by atoms with E-state index in [0.29, 0.717) is 43.1 Å². The minimum atomic E-state index is -4.49. The number of carbonyl (C=O) groups is 1. The molecule has 1 unspecified atom stereocenters. The molecule has 28 heavy (non-hydrogen) atoms. The summed E-state index contributed by atoms with van der Waals surface area (Å²) in [7, 11) is 0. The molecular weight excluding hydrogens is 391 g/mol. The summed E-state index contributed by atoms with van der Waals surface area (Å²) < 4.78 is 42.0. The van der Waals surface area contributed by atoms with Gasteiger partial charge in [-0.3, -0.25) is 4.79 Å². The zero-order valence-corrected chi connectivity index (χ0v) is 17.0. The fourth-order valence-corrected chi connectivity index (χ4v) is 7.35. The second-order valence-corrected chi connectivity index (χ2v) is 10.8. The molecule has 0 spiro atoms. The van der Waals surface area contributed by atoms with Gasteiger partial charge in [-0.15, -0.1) is 0 Å². The predicted octanol–water partition coefficient (Wildman–Crippen LogP) is 4.25. The third-order valence-electron chi connectivity index (χ3n) is 7.63. The quantitative estimate of drug-likeness (QED) is 0.396. The van der Waals surface area contributed by atoms with E-state index >= 15 is 0 Å². The lowest BCUT2D eigenvalue weighted by Crippen LogP contribution is -3.05. The third-order valence-corrected chi connectivity index (χ3v) is 8.39. The van der Waals surface area contributed by atoms with Gasteiger partial charge in [0, 0.05) is 12.8 Å². The van der Waals surface area contributed by atoms with E-state index in [0.717, 1.165) is 38.5 Å². The highest BCUT2D eigenvalue weighted by Crippen LogP contribution is 2.60. The van der Waals surface area contributed by atoms with E-state index in [2.05, 4.69) is 0 Å². The first-order valence-electron chi connectivity index (χ1n) is 10.7. The van der Waals surface area contributed by atoms with Crippen LogP contribution in [0.3, 0.4) is 0 Å². The van der Waals surface area contributed by atoms with Gasteiger partial charge in [0.2, 0.25) is 0 Å². The first-order chi connectivity index (χ1) is 13.2. The van der Waals surface area contributed by atoms with Crippen molar-refractivity contribution in [2.75, 3.05) is 6.61 Å². The molecule has 0 amide bonds. The van der Waals surface area contributed by atoms with Crippen LogP contribution in [0.15, 0.2) is 0 Å². The number of hydrogen-bond donors (Lipinski definition) is 1. The molecule has 4 bridgehead atoms. The van der Waals surface area contributed by atoms with Crippen LogP contribution in [0, 0.1) is 34.3 Å². The van der Waals surface area contributed by atoms with Gasteiger partial charge in [-0.25, -0.2) is 0 Å². The molecule has 5 rings (SSSR count). The van der Waals surface area contributed by atoms with Gasteiger partial charge < -0.3 is 14.4 Å². The maximum Gasteiger partial charge on any atom is 0.496 e. The van der Waals surface area contributed by atoms with Crippen LogP contribution in [0.25, 0.3) is 0 Å². The monoisotopic (exact) mass is 421 g/mol. The minimum absolute atomic E-state index is 0.00274. The molecule has 0 radical (unpaired) electrons. The first-order valence-corrected chi connectivity index (χ1v) is 11.5. The summed E-state index contributed by atoms with van der Waals surface area (Å²) in [6, 6.07) is -0.488. The Balaban J connectivity index is 1.18. The van der Waals surface area contributed by atoms with Crippen molar-refractivity contribution in [2.24, 2.45) is 29.1 Å². The Morgan fingerprint density at radius 1 is 1.04 bits per heavy atom. The van der Waals surface area contributed by atoms with Crippen LogP contribution in [0.1, 0.15) is 70.6 Å². The summed E-state index contributed by atoms with van der Waals surface area (Å²) >= 11 is -0.495. The van der Waals surface area contributed by atoms with Crippen LogP contribution < -0.4 is 4.47 Å². The topological polar surface area (TPSA) is 53.8 Å². The number of nitrogens with one attached hydrogen (secondary N) is 1. The van der Waals surface area contributed by atoms with Crippen molar-refractivity contribution in [3.63, 3.8) is 0 Å². The molecule has 160 valence electrons. The molecule has 4 nitrogen and oxygen atoms in total. The normalized spacial score (nSPS) is 41.1. The van der Waals surface area contributed by atoms with Crippen molar-refractivity contribution in [3.05, 3.63) is 5.21 Å². The molecule has 1 atom stereocenters. The van der Waals surface area contributed by atoms with E-state index in [-0.39, 0.29) is 11.4 Å². The Labute approximate surface area is 168 Å². The fourth-order valence-electron chi connectivity index (χ4n) is 6.72. The molecule has 0 aliphatic heterocycles. The number of rotatable bonds is 6. The van der Waals surface area contributed by atoms with E-state index in [1.807, 2.05) is 0 Å². The van der Waals surface area contributed by atoms with E-state index in [1.54, 1.807) is 0 Å². The largest absolute Gasteiger partial charge is 0.621 e. The Morgan fingerprint density at radius 2 is 1.57 bits per heavy atom. The Hall–Kier alpha value is -0.470. The van der Waals surface area contributed by atoms with Crippen molar-refractivity contribution < 1.29 is 27.2 Å². The lowest BCUT2D eigenvalue weighted by atomic mass is 9.49. The molecule has 1 N–H and O–H groups in total. The van der Waals surface area contributed by atoms with Crippen LogP contribution in [0.4, 0.5) is 13.2 Å². The molecule has 8 heteroatoms. The summed E-state index contributed by atoms with van der Waals surface area (Å²) in [5, 5.41) is 11.7. The lowest BCUT2D eigenvalue weighted by molar-refractivity contribution is -0.734. The van der Waals surface area contributed by atoms with Crippen molar-refractivity contribution >= 4 is 17.9 Å². The van der Waals surface area contributed by atoms with Crippen LogP contribution in [-0.2, 0) is 9.53 Å². The highest BCUT2D eigenvalue weighted by Gasteiger charge is 2.55. The summed E-state index contributed by atoms with van der Waals surface area (Å²) in [4.78, 5) is 12.8. The van der Waals surface area contributed by atoms with Gasteiger partial charge in [-0.2, -0.15) is 13.2 Å². The van der Waals surface area contributed by atoms with Gasteiger partial charge in [-0.05, 0) is 81.5 Å². The van der Waals surface area contributed by atoms with Gasteiger partial charge in [0.25, 0.3) is 0 Å². The molecule has 0 saturated heterocycles. The Bertz CT molecular complexity index is 542. The maximum absolute atomic E-state index is 12.8. The van der Waals surface area contributed by atoms with Crippen molar-refractivity contribution in [1.29, 1.82) is 0 Å². The number of quaternary nitrogens is 1. The van der Waals surface area contributed by atoms with Crippen LogP contribution >= 0.6 is 11.9 Å². The van der Waals surface area contributed by atoms with Crippen molar-refractivity contribution in [2.45, 2.75) is 82.2 Å². The van der Waals surface area contributed by atoms with Gasteiger partial charge >= 0.3 is 11.5 Å². The summed E-state index contributed by atoms with van der Waals surface area (Å²) in [6.45, 7) is 0.404. The number of halogens is 3. The summed E-state index contributed by atoms with van der Waals surface area (Å²) in [5.74, 6) is 2.46. The van der Waals surface area contributed by atoms with E-state index in [1.165, 1.54) is 19.3 Å². The van der Waals surface area contributed by atoms with Crippen LogP contribution in [0.5, 0.6) is 0 Å². The highest BCUT2D eigenvalue weighted by atomic mass is 32.2. The van der Waals surface area contributed by atoms with Crippen molar-refractivity contribution in [3.8, 4) is 0 Å². The van der Waals surface area contributed by atoms with Gasteiger partial charge in [0.15, 0.2) is 11.9 Å². The zero-order chi connectivity index (χ0) is 19.9. The van der Waals surface area contributed by atoms with Crippen LogP contribution in [-0.4, -0.2) is 24.1 Å². The molecule has 5 saturated carbocycles.